The molecule has 0 saturated heterocycles. The van der Waals surface area contributed by atoms with Crippen molar-refractivity contribution in [2.45, 2.75) is 0 Å². The Hall–Kier alpha value is -2.42. The number of hydrogen-bond donors (Lipinski definition) is 0. The van der Waals surface area contributed by atoms with Gasteiger partial charge in [-0.25, -0.2) is 0 Å². The van der Waals surface area contributed by atoms with Crippen LogP contribution in [0, 0.1) is 0 Å². The van der Waals surface area contributed by atoms with Crippen LogP contribution in [0.1, 0.15) is 0 Å². The number of rotatable bonds is 1. The van der Waals surface area contributed by atoms with Crippen LogP contribution >= 0.6 is 0 Å². The van der Waals surface area contributed by atoms with E-state index in [0.29, 0.717) is 0 Å². The van der Waals surface area contributed by atoms with E-state index in [1.807, 2.05) is 42.5 Å². The van der Waals surface area contributed by atoms with Gasteiger partial charge in [-0.05, 0) is 11.5 Å². The molecule has 0 N–H and O–H groups in total. The molecule has 2 aromatic rings. The van der Waals surface area contributed by atoms with E-state index in [4.69, 9.17) is 0 Å². The summed E-state index contributed by atoms with van der Waals surface area (Å²) in [6.07, 6.45) is 2.82. The van der Waals surface area contributed by atoms with E-state index in [2.05, 4.69) is 0 Å². The second-order valence-corrected chi connectivity index (χ2v) is 3.85. The van der Waals surface area contributed by atoms with E-state index >= 15 is 0 Å². The van der Waals surface area contributed by atoms with E-state index in [1.54, 1.807) is 0 Å². The summed E-state index contributed by atoms with van der Waals surface area (Å²) in [5.74, 6) is -0.973. The summed E-state index contributed by atoms with van der Waals surface area (Å²) >= 11 is 0. The van der Waals surface area contributed by atoms with Gasteiger partial charge in [0.05, 0.1) is 5.69 Å². The number of hydrogen-bond acceptors (Lipinski definition) is 2. The standard InChI is InChI=1S/C14H9NO2/c16-13-8-9-15(14(13)17)12-7-3-5-10-4-1-2-6-11(10)12/h1-9H. The second-order valence-electron chi connectivity index (χ2n) is 3.85. The summed E-state index contributed by atoms with van der Waals surface area (Å²) in [6.45, 7) is 0. The Morgan fingerprint density at radius 1 is 0.882 bits per heavy atom. The molecule has 3 rings (SSSR count). The van der Waals surface area contributed by atoms with Gasteiger partial charge in [0.1, 0.15) is 0 Å². The Labute approximate surface area is 98.0 Å². The van der Waals surface area contributed by atoms with Gasteiger partial charge in [-0.1, -0.05) is 36.4 Å². The maximum atomic E-state index is 11.7. The molecule has 0 aliphatic carbocycles. The van der Waals surface area contributed by atoms with E-state index in [0.717, 1.165) is 16.5 Å². The molecule has 0 bridgehead atoms. The summed E-state index contributed by atoms with van der Waals surface area (Å²) in [5.41, 5.74) is 0.746. The van der Waals surface area contributed by atoms with Crippen LogP contribution in [0.5, 0.6) is 0 Å². The lowest BCUT2D eigenvalue weighted by Gasteiger charge is -2.15. The molecule has 1 amide bonds. The predicted octanol–water partition coefficient (Wildman–Crippen LogP) is 2.27. The van der Waals surface area contributed by atoms with Crippen molar-refractivity contribution >= 4 is 28.2 Å². The molecule has 0 unspecified atom stereocenters. The number of nitrogens with zero attached hydrogens (tertiary/aromatic N) is 1. The quantitative estimate of drug-likeness (QED) is 0.695. The summed E-state index contributed by atoms with van der Waals surface area (Å²) < 4.78 is 0. The molecule has 0 spiro atoms. The number of benzene rings is 2. The normalized spacial score (nSPS) is 14.9. The van der Waals surface area contributed by atoms with Crippen LogP contribution in [-0.4, -0.2) is 11.7 Å². The van der Waals surface area contributed by atoms with Crippen LogP contribution in [0.4, 0.5) is 5.69 Å². The van der Waals surface area contributed by atoms with Gasteiger partial charge >= 0.3 is 5.91 Å². The molecule has 3 nitrogen and oxygen atoms in total. The molecule has 0 saturated carbocycles. The van der Waals surface area contributed by atoms with Crippen LogP contribution in [0.3, 0.4) is 0 Å². The lowest BCUT2D eigenvalue weighted by atomic mass is 10.1. The lowest BCUT2D eigenvalue weighted by Crippen LogP contribution is -2.25. The number of ketones is 1. The fourth-order valence-corrected chi connectivity index (χ4v) is 2.01. The molecule has 17 heavy (non-hydrogen) atoms. The minimum atomic E-state index is -0.499. The topological polar surface area (TPSA) is 37.4 Å². The first-order valence-electron chi connectivity index (χ1n) is 5.31. The molecule has 1 heterocycles. The average molecular weight is 223 g/mol. The summed E-state index contributed by atoms with van der Waals surface area (Å²) in [4.78, 5) is 24.3. The van der Waals surface area contributed by atoms with Gasteiger partial charge < -0.3 is 0 Å². The Morgan fingerprint density at radius 2 is 1.65 bits per heavy atom. The van der Waals surface area contributed by atoms with Gasteiger partial charge in [0.25, 0.3) is 0 Å². The third kappa shape index (κ3) is 1.44. The number of amides is 1. The number of fused-ring (bicyclic) bond motifs is 1. The van der Waals surface area contributed by atoms with Crippen molar-refractivity contribution in [3.05, 3.63) is 54.7 Å². The molecule has 1 aliphatic heterocycles. The Morgan fingerprint density at radius 3 is 2.41 bits per heavy atom. The third-order valence-corrected chi connectivity index (χ3v) is 2.83. The van der Waals surface area contributed by atoms with Gasteiger partial charge in [-0.15, -0.1) is 0 Å². The molecule has 1 aliphatic rings. The van der Waals surface area contributed by atoms with Crippen molar-refractivity contribution in [2.75, 3.05) is 4.90 Å². The predicted molar refractivity (Wildman–Crippen MR) is 65.6 cm³/mol. The first kappa shape index (κ1) is 9.78. The smallest absolute Gasteiger partial charge is 0.284 e. The number of anilines is 1. The van der Waals surface area contributed by atoms with Crippen molar-refractivity contribution in [3.8, 4) is 0 Å². The van der Waals surface area contributed by atoms with Crippen LogP contribution < -0.4 is 4.90 Å². The summed E-state index contributed by atoms with van der Waals surface area (Å²) in [5, 5.41) is 2.01. The van der Waals surface area contributed by atoms with Crippen molar-refractivity contribution < 1.29 is 9.59 Å². The summed E-state index contributed by atoms with van der Waals surface area (Å²) in [6, 6.07) is 13.5. The SMILES string of the molecule is O=C1C=CN(c2cccc3ccccc23)C1=O. The molecule has 3 heteroatoms. The number of carbonyl (C=O) groups excluding carboxylic acids is 2. The zero-order chi connectivity index (χ0) is 11.8. The first-order valence-corrected chi connectivity index (χ1v) is 5.31. The maximum absolute atomic E-state index is 11.7. The van der Waals surface area contributed by atoms with Crippen LogP contribution in [0.15, 0.2) is 54.7 Å². The fourth-order valence-electron chi connectivity index (χ4n) is 2.01. The van der Waals surface area contributed by atoms with Crippen molar-refractivity contribution in [3.63, 3.8) is 0 Å². The lowest BCUT2D eigenvalue weighted by molar-refractivity contribution is -0.132. The van der Waals surface area contributed by atoms with E-state index in [1.165, 1.54) is 17.2 Å². The molecule has 0 atom stereocenters. The minimum Gasteiger partial charge on any atom is -0.284 e. The molecule has 0 fully saturated rings. The van der Waals surface area contributed by atoms with Gasteiger partial charge in [0.15, 0.2) is 0 Å². The highest BCUT2D eigenvalue weighted by Crippen LogP contribution is 2.28. The van der Waals surface area contributed by atoms with Gasteiger partial charge in [-0.2, -0.15) is 0 Å². The molecule has 0 aromatic heterocycles. The fraction of sp³-hybridized carbons (Fsp3) is 0. The average Bonchev–Trinajstić information content (AvgIpc) is 2.69. The molecule has 82 valence electrons. The van der Waals surface area contributed by atoms with Crippen LogP contribution in [0.2, 0.25) is 0 Å². The highest BCUT2D eigenvalue weighted by Gasteiger charge is 2.26. The third-order valence-electron chi connectivity index (χ3n) is 2.83. The zero-order valence-electron chi connectivity index (χ0n) is 8.96. The van der Waals surface area contributed by atoms with Gasteiger partial charge in [-0.3, -0.25) is 14.5 Å². The van der Waals surface area contributed by atoms with Crippen molar-refractivity contribution in [2.24, 2.45) is 0 Å². The Kier molecular flexibility index (Phi) is 2.05. The zero-order valence-corrected chi connectivity index (χ0v) is 8.96. The largest absolute Gasteiger partial charge is 0.302 e. The van der Waals surface area contributed by atoms with Crippen LogP contribution in [-0.2, 0) is 9.59 Å². The van der Waals surface area contributed by atoms with Crippen LogP contribution in [0.25, 0.3) is 10.8 Å². The summed E-state index contributed by atoms with van der Waals surface area (Å²) in [7, 11) is 0. The molecular weight excluding hydrogens is 214 g/mol. The minimum absolute atomic E-state index is 0.474. The molecular formula is C14H9NO2. The first-order chi connectivity index (χ1) is 8.27. The second kappa shape index (κ2) is 3.56. The monoisotopic (exact) mass is 223 g/mol. The van der Waals surface area contributed by atoms with Gasteiger partial charge in [0.2, 0.25) is 5.78 Å². The van der Waals surface area contributed by atoms with Gasteiger partial charge in [0, 0.05) is 17.7 Å². The van der Waals surface area contributed by atoms with Crippen molar-refractivity contribution in [1.82, 2.24) is 0 Å². The van der Waals surface area contributed by atoms with E-state index < -0.39 is 11.7 Å². The Bertz CT molecular complexity index is 653. The van der Waals surface area contributed by atoms with E-state index in [9.17, 15) is 9.59 Å². The van der Waals surface area contributed by atoms with Crippen molar-refractivity contribution in [1.29, 1.82) is 0 Å². The van der Waals surface area contributed by atoms with E-state index in [-0.39, 0.29) is 0 Å². The maximum Gasteiger partial charge on any atom is 0.302 e. The number of carbonyl (C=O) groups is 2. The highest BCUT2D eigenvalue weighted by atomic mass is 16.2. The molecule has 0 radical (unpaired) electrons. The molecule has 2 aromatic carbocycles. The Balaban J connectivity index is 2.22. The highest BCUT2D eigenvalue weighted by molar-refractivity contribution is 6.48.